The van der Waals surface area contributed by atoms with E-state index in [4.69, 9.17) is 44.3 Å². The van der Waals surface area contributed by atoms with E-state index in [1.165, 1.54) is 20.4 Å². The Balaban J connectivity index is 2.34. The third-order valence-corrected chi connectivity index (χ3v) is 4.51. The van der Waals surface area contributed by atoms with Crippen molar-refractivity contribution in [2.24, 2.45) is 0 Å². The minimum absolute atomic E-state index is 0.217. The molecule has 0 bridgehead atoms. The van der Waals surface area contributed by atoms with Gasteiger partial charge in [-0.15, -0.1) is 0 Å². The predicted octanol–water partition coefficient (Wildman–Crippen LogP) is 4.51. The quantitative estimate of drug-likeness (QED) is 0.378. The second-order valence-electron chi connectivity index (χ2n) is 4.90. The number of hydrogen-bond donors (Lipinski definition) is 0. The molecule has 0 aliphatic rings. The first-order valence-electron chi connectivity index (χ1n) is 6.75. The molecule has 0 radical (unpaired) electrons. The molecule has 24 heavy (non-hydrogen) atoms. The average Bonchev–Trinajstić information content (AvgIpc) is 2.55. The van der Waals surface area contributed by atoms with Crippen LogP contribution in [0, 0.1) is 5.21 Å². The highest BCUT2D eigenvalue weighted by Crippen LogP contribution is 2.45. The molecule has 0 N–H and O–H groups in total. The van der Waals surface area contributed by atoms with E-state index >= 15 is 0 Å². The lowest BCUT2D eigenvalue weighted by atomic mass is 10.1. The summed E-state index contributed by atoms with van der Waals surface area (Å²) in [5.41, 5.74) is 0.570. The van der Waals surface area contributed by atoms with E-state index in [-0.39, 0.29) is 15.7 Å². The summed E-state index contributed by atoms with van der Waals surface area (Å²) in [4.78, 5) is 4.02. The van der Waals surface area contributed by atoms with Crippen LogP contribution in [0.25, 0.3) is 22.0 Å². The van der Waals surface area contributed by atoms with E-state index < -0.39 is 0 Å². The molecule has 0 fully saturated rings. The highest BCUT2D eigenvalue weighted by atomic mass is 35.5. The van der Waals surface area contributed by atoms with Crippen molar-refractivity contribution in [2.75, 3.05) is 14.2 Å². The highest BCUT2D eigenvalue weighted by Gasteiger charge is 2.24. The molecule has 0 amide bonds. The zero-order valence-corrected chi connectivity index (χ0v) is 14.9. The largest absolute Gasteiger partial charge is 0.618 e. The third kappa shape index (κ3) is 2.79. The summed E-state index contributed by atoms with van der Waals surface area (Å²) < 4.78 is 11.1. The van der Waals surface area contributed by atoms with Gasteiger partial charge in [0, 0.05) is 23.7 Å². The summed E-state index contributed by atoms with van der Waals surface area (Å²) in [6.45, 7) is 0. The van der Waals surface area contributed by atoms with Crippen molar-refractivity contribution in [2.45, 2.75) is 0 Å². The van der Waals surface area contributed by atoms with E-state index in [2.05, 4.69) is 4.98 Å². The Kier molecular flexibility index (Phi) is 4.58. The Morgan fingerprint density at radius 2 is 1.58 bits per heavy atom. The molecule has 124 valence electrons. The van der Waals surface area contributed by atoms with Gasteiger partial charge in [0.2, 0.25) is 5.69 Å². The number of halogens is 3. The first-order valence-corrected chi connectivity index (χ1v) is 7.88. The van der Waals surface area contributed by atoms with Gasteiger partial charge in [0.05, 0.1) is 35.2 Å². The second-order valence-corrected chi connectivity index (χ2v) is 6.05. The molecule has 0 saturated heterocycles. The summed E-state index contributed by atoms with van der Waals surface area (Å²) in [6, 6.07) is 4.80. The number of nitrogens with zero attached hydrogens (tertiary/aromatic N) is 2. The SMILES string of the molecule is COc1cc(OC)c(Cl)c(-c2cc3cnc(Cl)cc3c[n+]2[O-])c1Cl. The number of rotatable bonds is 3. The van der Waals surface area contributed by atoms with Gasteiger partial charge in [-0.25, -0.2) is 4.98 Å². The van der Waals surface area contributed by atoms with E-state index in [0.29, 0.717) is 32.3 Å². The lowest BCUT2D eigenvalue weighted by molar-refractivity contribution is -0.592. The lowest BCUT2D eigenvalue weighted by Gasteiger charge is -2.14. The van der Waals surface area contributed by atoms with Gasteiger partial charge >= 0.3 is 0 Å². The molecule has 3 rings (SSSR count). The Morgan fingerprint density at radius 3 is 2.17 bits per heavy atom. The summed E-state index contributed by atoms with van der Waals surface area (Å²) in [6.07, 6.45) is 2.96. The second kappa shape index (κ2) is 6.51. The molecule has 0 atom stereocenters. The maximum Gasteiger partial charge on any atom is 0.227 e. The molecule has 2 aromatic heterocycles. The average molecular weight is 386 g/mol. The molecular formula is C16H11Cl3N2O3. The van der Waals surface area contributed by atoms with Gasteiger partial charge < -0.3 is 14.7 Å². The Morgan fingerprint density at radius 1 is 0.958 bits per heavy atom. The molecule has 0 spiro atoms. The monoisotopic (exact) mass is 384 g/mol. The number of ether oxygens (including phenoxy) is 2. The van der Waals surface area contributed by atoms with Crippen molar-refractivity contribution >= 4 is 45.6 Å². The van der Waals surface area contributed by atoms with Crippen molar-refractivity contribution in [3.8, 4) is 22.8 Å². The predicted molar refractivity (Wildman–Crippen MR) is 94.3 cm³/mol. The van der Waals surface area contributed by atoms with Crippen LogP contribution in [0.3, 0.4) is 0 Å². The molecule has 1 aromatic carbocycles. The molecule has 2 heterocycles. The van der Waals surface area contributed by atoms with Crippen molar-refractivity contribution in [3.63, 3.8) is 0 Å². The summed E-state index contributed by atoms with van der Waals surface area (Å²) >= 11 is 18.6. The van der Waals surface area contributed by atoms with Crippen LogP contribution >= 0.6 is 34.8 Å². The van der Waals surface area contributed by atoms with Gasteiger partial charge in [-0.2, -0.15) is 4.73 Å². The number of fused-ring (bicyclic) bond motifs is 1. The normalized spacial score (nSPS) is 10.9. The smallest absolute Gasteiger partial charge is 0.227 e. The van der Waals surface area contributed by atoms with Gasteiger partial charge in [0.25, 0.3) is 0 Å². The third-order valence-electron chi connectivity index (χ3n) is 3.55. The first kappa shape index (κ1) is 16.9. The number of pyridine rings is 2. The van der Waals surface area contributed by atoms with Crippen molar-refractivity contribution in [1.29, 1.82) is 0 Å². The number of methoxy groups -OCH3 is 2. The molecule has 0 aliphatic carbocycles. The maximum absolute atomic E-state index is 12.5. The molecule has 0 aliphatic heterocycles. The van der Waals surface area contributed by atoms with Crippen LogP contribution in [-0.2, 0) is 0 Å². The zero-order valence-electron chi connectivity index (χ0n) is 12.6. The van der Waals surface area contributed by atoms with Gasteiger partial charge in [-0.1, -0.05) is 34.8 Å². The van der Waals surface area contributed by atoms with Crippen LogP contribution in [0.4, 0.5) is 0 Å². The number of benzene rings is 1. The molecule has 5 nitrogen and oxygen atoms in total. The molecule has 3 aromatic rings. The molecule has 0 saturated carbocycles. The molecule has 8 heteroatoms. The van der Waals surface area contributed by atoms with Crippen LogP contribution in [0.15, 0.2) is 30.6 Å². The topological polar surface area (TPSA) is 58.3 Å². The number of aromatic nitrogens is 2. The van der Waals surface area contributed by atoms with Crippen LogP contribution in [0.1, 0.15) is 0 Å². The van der Waals surface area contributed by atoms with Gasteiger partial charge in [-0.05, 0) is 6.07 Å². The first-order chi connectivity index (χ1) is 11.5. The van der Waals surface area contributed by atoms with E-state index in [0.717, 1.165) is 5.39 Å². The fraction of sp³-hybridized carbons (Fsp3) is 0.125. The van der Waals surface area contributed by atoms with E-state index in [1.54, 1.807) is 24.4 Å². The standard InChI is InChI=1S/C16H11Cl3N2O3/c1-23-11-5-12(24-2)16(19)14(15(11)18)10-3-8-6-20-13(17)4-9(8)7-21(10)22/h3-7H,1-2H3. The Bertz CT molecular complexity index is 919. The van der Waals surface area contributed by atoms with Gasteiger partial charge in [0.15, 0.2) is 6.20 Å². The highest BCUT2D eigenvalue weighted by molar-refractivity contribution is 6.41. The van der Waals surface area contributed by atoms with Gasteiger partial charge in [-0.3, -0.25) is 0 Å². The summed E-state index contributed by atoms with van der Waals surface area (Å²) in [5, 5.41) is 14.6. The number of hydrogen-bond acceptors (Lipinski definition) is 4. The molecule has 0 unspecified atom stereocenters. The fourth-order valence-electron chi connectivity index (χ4n) is 2.39. The van der Waals surface area contributed by atoms with Crippen molar-refractivity contribution in [3.05, 3.63) is 51.0 Å². The van der Waals surface area contributed by atoms with Crippen LogP contribution in [0.5, 0.6) is 11.5 Å². The zero-order chi connectivity index (χ0) is 17.4. The summed E-state index contributed by atoms with van der Waals surface area (Å²) in [7, 11) is 2.94. The van der Waals surface area contributed by atoms with E-state index in [1.807, 2.05) is 0 Å². The maximum atomic E-state index is 12.5. The van der Waals surface area contributed by atoms with Crippen molar-refractivity contribution < 1.29 is 14.2 Å². The minimum atomic E-state index is 0.217. The summed E-state index contributed by atoms with van der Waals surface area (Å²) in [5.74, 6) is 0.699. The van der Waals surface area contributed by atoms with E-state index in [9.17, 15) is 5.21 Å². The van der Waals surface area contributed by atoms with Crippen molar-refractivity contribution in [1.82, 2.24) is 4.98 Å². The minimum Gasteiger partial charge on any atom is -0.618 e. The van der Waals surface area contributed by atoms with Gasteiger partial charge in [0.1, 0.15) is 16.7 Å². The Hall–Kier alpha value is -1.95. The van der Waals surface area contributed by atoms with Crippen LogP contribution in [0.2, 0.25) is 15.2 Å². The van der Waals surface area contributed by atoms with Crippen LogP contribution in [-0.4, -0.2) is 19.2 Å². The fourth-order valence-corrected chi connectivity index (χ4v) is 3.25. The Labute approximate surface area is 152 Å². The van der Waals surface area contributed by atoms with Crippen LogP contribution < -0.4 is 14.2 Å². The molecular weight excluding hydrogens is 375 g/mol. The lowest BCUT2D eigenvalue weighted by Crippen LogP contribution is -2.28.